The molecule has 1 heterocycles. The van der Waals surface area contributed by atoms with Gasteiger partial charge in [-0.05, 0) is 61.2 Å². The summed E-state index contributed by atoms with van der Waals surface area (Å²) in [6.45, 7) is 6.62. The van der Waals surface area contributed by atoms with Gasteiger partial charge < -0.3 is 14.2 Å². The molecule has 0 N–H and O–H groups in total. The Balaban J connectivity index is 1.80. The molecule has 0 aliphatic carbocycles. The van der Waals surface area contributed by atoms with Crippen LogP contribution < -0.4 is 4.74 Å². The van der Waals surface area contributed by atoms with Crippen molar-refractivity contribution in [1.82, 2.24) is 15.0 Å². The SMILES string of the molecule is COC(=O)C(C)(C)C(COCc1ccc(OC)cc1)c1ccc2c(nnn2C)c1-c1ccccc1C. The van der Waals surface area contributed by atoms with Crippen LogP contribution >= 0.6 is 0 Å². The van der Waals surface area contributed by atoms with E-state index in [2.05, 4.69) is 35.4 Å². The highest BCUT2D eigenvalue weighted by atomic mass is 16.5. The van der Waals surface area contributed by atoms with Crippen molar-refractivity contribution in [3.05, 3.63) is 77.4 Å². The van der Waals surface area contributed by atoms with Gasteiger partial charge in [-0.3, -0.25) is 4.79 Å². The van der Waals surface area contributed by atoms with Crippen LogP contribution in [0.15, 0.2) is 60.7 Å². The van der Waals surface area contributed by atoms with E-state index in [1.54, 1.807) is 11.8 Å². The van der Waals surface area contributed by atoms with E-state index >= 15 is 0 Å². The molecule has 0 radical (unpaired) electrons. The largest absolute Gasteiger partial charge is 0.497 e. The zero-order valence-electron chi connectivity index (χ0n) is 21.7. The van der Waals surface area contributed by atoms with E-state index in [1.807, 2.05) is 63.4 Å². The van der Waals surface area contributed by atoms with E-state index in [0.29, 0.717) is 13.2 Å². The fraction of sp³-hybridized carbons (Fsp3) is 0.345. The van der Waals surface area contributed by atoms with Crippen LogP contribution in [0, 0.1) is 12.3 Å². The molecule has 0 saturated carbocycles. The number of aryl methyl sites for hydroxylation is 2. The second-order valence-corrected chi connectivity index (χ2v) is 9.55. The molecule has 7 nitrogen and oxygen atoms in total. The number of rotatable bonds is 9. The van der Waals surface area contributed by atoms with Crippen LogP contribution in [0.1, 0.15) is 36.5 Å². The molecule has 188 valence electrons. The van der Waals surface area contributed by atoms with Gasteiger partial charge in [0.25, 0.3) is 0 Å². The van der Waals surface area contributed by atoms with Crippen LogP contribution in [0.2, 0.25) is 0 Å². The van der Waals surface area contributed by atoms with Crippen LogP contribution in [-0.2, 0) is 27.9 Å². The highest BCUT2D eigenvalue weighted by Crippen LogP contribution is 2.44. The predicted molar refractivity (Wildman–Crippen MR) is 140 cm³/mol. The predicted octanol–water partition coefficient (Wildman–Crippen LogP) is 5.45. The maximum Gasteiger partial charge on any atom is 0.311 e. The number of esters is 1. The standard InChI is InChI=1S/C29H33N3O4/c1-19-9-7-8-10-22(19)26-23(15-16-25-27(26)30-31-32(25)4)24(29(2,3)28(33)35-6)18-36-17-20-11-13-21(34-5)14-12-20/h7-16,24H,17-18H2,1-6H3. The summed E-state index contributed by atoms with van der Waals surface area (Å²) in [5.41, 5.74) is 5.99. The Hall–Kier alpha value is -3.71. The average Bonchev–Trinajstić information content (AvgIpc) is 3.27. The van der Waals surface area contributed by atoms with Crippen LogP contribution in [0.3, 0.4) is 0 Å². The molecular weight excluding hydrogens is 454 g/mol. The van der Waals surface area contributed by atoms with Gasteiger partial charge in [0.15, 0.2) is 0 Å². The molecule has 1 unspecified atom stereocenters. The van der Waals surface area contributed by atoms with E-state index in [1.165, 1.54) is 7.11 Å². The Labute approximate surface area is 212 Å². The van der Waals surface area contributed by atoms with Gasteiger partial charge in [-0.1, -0.05) is 47.7 Å². The van der Waals surface area contributed by atoms with Crippen LogP contribution in [0.5, 0.6) is 5.75 Å². The minimum absolute atomic E-state index is 0.296. The van der Waals surface area contributed by atoms with Gasteiger partial charge in [-0.25, -0.2) is 4.68 Å². The van der Waals surface area contributed by atoms with Crippen molar-refractivity contribution >= 4 is 17.0 Å². The third-order valence-corrected chi connectivity index (χ3v) is 6.90. The van der Waals surface area contributed by atoms with Gasteiger partial charge in [0.2, 0.25) is 0 Å². The van der Waals surface area contributed by atoms with Crippen molar-refractivity contribution < 1.29 is 19.0 Å². The molecule has 0 saturated heterocycles. The van der Waals surface area contributed by atoms with E-state index < -0.39 is 5.41 Å². The summed E-state index contributed by atoms with van der Waals surface area (Å²) in [6.07, 6.45) is 0. The maximum atomic E-state index is 13.0. The summed E-state index contributed by atoms with van der Waals surface area (Å²) in [5.74, 6) is 0.198. The van der Waals surface area contributed by atoms with Crippen molar-refractivity contribution in [3.8, 4) is 16.9 Å². The topological polar surface area (TPSA) is 75.5 Å². The quantitative estimate of drug-likeness (QED) is 0.292. The fourth-order valence-electron chi connectivity index (χ4n) is 4.65. The molecule has 4 rings (SSSR count). The lowest BCUT2D eigenvalue weighted by Crippen LogP contribution is -2.35. The molecule has 0 bridgehead atoms. The van der Waals surface area contributed by atoms with Crippen molar-refractivity contribution in [3.63, 3.8) is 0 Å². The molecule has 0 aliphatic rings. The summed E-state index contributed by atoms with van der Waals surface area (Å²) in [4.78, 5) is 13.0. The van der Waals surface area contributed by atoms with E-state index in [-0.39, 0.29) is 11.9 Å². The number of hydrogen-bond acceptors (Lipinski definition) is 6. The van der Waals surface area contributed by atoms with Crippen molar-refractivity contribution in [1.29, 1.82) is 0 Å². The number of carbonyl (C=O) groups excluding carboxylic acids is 1. The molecule has 0 aliphatic heterocycles. The molecule has 0 fully saturated rings. The number of ether oxygens (including phenoxy) is 3. The molecule has 0 spiro atoms. The monoisotopic (exact) mass is 487 g/mol. The Morgan fingerprint density at radius 1 is 1.03 bits per heavy atom. The Morgan fingerprint density at radius 2 is 1.75 bits per heavy atom. The number of benzene rings is 3. The van der Waals surface area contributed by atoms with Gasteiger partial charge in [0.1, 0.15) is 11.3 Å². The molecule has 0 amide bonds. The molecular formula is C29H33N3O4. The normalized spacial score (nSPS) is 12.5. The first-order valence-electron chi connectivity index (χ1n) is 11.9. The van der Waals surface area contributed by atoms with Gasteiger partial charge in [0.05, 0.1) is 38.4 Å². The van der Waals surface area contributed by atoms with Crippen molar-refractivity contribution in [2.24, 2.45) is 12.5 Å². The summed E-state index contributed by atoms with van der Waals surface area (Å²) < 4.78 is 18.5. The number of hydrogen-bond donors (Lipinski definition) is 0. The summed E-state index contributed by atoms with van der Waals surface area (Å²) in [7, 11) is 4.95. The minimum atomic E-state index is -0.859. The smallest absolute Gasteiger partial charge is 0.311 e. The Morgan fingerprint density at radius 3 is 2.42 bits per heavy atom. The second-order valence-electron chi connectivity index (χ2n) is 9.55. The van der Waals surface area contributed by atoms with Crippen molar-refractivity contribution in [2.75, 3.05) is 20.8 Å². The van der Waals surface area contributed by atoms with Crippen molar-refractivity contribution in [2.45, 2.75) is 33.3 Å². The van der Waals surface area contributed by atoms with Gasteiger partial charge in [0, 0.05) is 18.5 Å². The van der Waals surface area contributed by atoms with E-state index in [9.17, 15) is 4.79 Å². The Kier molecular flexibility index (Phi) is 7.40. The fourth-order valence-corrected chi connectivity index (χ4v) is 4.65. The first-order valence-corrected chi connectivity index (χ1v) is 11.9. The number of fused-ring (bicyclic) bond motifs is 1. The highest BCUT2D eigenvalue weighted by Gasteiger charge is 2.41. The first kappa shape index (κ1) is 25.4. The first-order chi connectivity index (χ1) is 17.3. The molecule has 1 atom stereocenters. The maximum absolute atomic E-state index is 13.0. The molecule has 1 aromatic heterocycles. The zero-order valence-corrected chi connectivity index (χ0v) is 21.7. The minimum Gasteiger partial charge on any atom is -0.497 e. The molecule has 4 aromatic rings. The third-order valence-electron chi connectivity index (χ3n) is 6.90. The second kappa shape index (κ2) is 10.5. The van der Waals surface area contributed by atoms with Crippen LogP contribution in [0.25, 0.3) is 22.2 Å². The van der Waals surface area contributed by atoms with Gasteiger partial charge in [-0.15, -0.1) is 5.10 Å². The van der Waals surface area contributed by atoms with Gasteiger partial charge in [-0.2, -0.15) is 0 Å². The Bertz CT molecular complexity index is 1360. The summed E-state index contributed by atoms with van der Waals surface area (Å²) >= 11 is 0. The van der Waals surface area contributed by atoms with E-state index in [0.717, 1.165) is 44.6 Å². The lowest BCUT2D eigenvalue weighted by Gasteiger charge is -2.33. The van der Waals surface area contributed by atoms with Crippen LogP contribution in [-0.4, -0.2) is 41.8 Å². The lowest BCUT2D eigenvalue weighted by molar-refractivity contribution is -0.153. The lowest BCUT2D eigenvalue weighted by atomic mass is 9.72. The number of nitrogens with zero attached hydrogens (tertiary/aromatic N) is 3. The van der Waals surface area contributed by atoms with E-state index in [4.69, 9.17) is 14.2 Å². The molecule has 7 heteroatoms. The number of aromatic nitrogens is 3. The summed E-state index contributed by atoms with van der Waals surface area (Å²) in [6, 6.07) is 20.0. The zero-order chi connectivity index (χ0) is 25.9. The summed E-state index contributed by atoms with van der Waals surface area (Å²) in [5, 5.41) is 8.79. The molecule has 3 aromatic carbocycles. The number of carbonyl (C=O) groups is 1. The molecule has 36 heavy (non-hydrogen) atoms. The third kappa shape index (κ3) is 4.84. The average molecular weight is 488 g/mol. The van der Waals surface area contributed by atoms with Gasteiger partial charge >= 0.3 is 5.97 Å². The highest BCUT2D eigenvalue weighted by molar-refractivity contribution is 5.95. The number of methoxy groups -OCH3 is 2. The van der Waals surface area contributed by atoms with Crippen LogP contribution in [0.4, 0.5) is 0 Å².